The van der Waals surface area contributed by atoms with Gasteiger partial charge in [0, 0.05) is 0 Å². The molecule has 13 heavy (non-hydrogen) atoms. The Morgan fingerprint density at radius 3 is 1.77 bits per heavy atom. The van der Waals surface area contributed by atoms with Crippen molar-refractivity contribution in [3.05, 3.63) is 15.3 Å². The van der Waals surface area contributed by atoms with Gasteiger partial charge in [-0.05, 0) is 0 Å². The number of rotatable bonds is 0. The second-order valence-electron chi connectivity index (χ2n) is 3.65. The predicted octanol–water partition coefficient (Wildman–Crippen LogP) is 0.187. The summed E-state index contributed by atoms with van der Waals surface area (Å²) in [5.74, 6) is 0.437. The van der Waals surface area contributed by atoms with Crippen molar-refractivity contribution in [2.24, 2.45) is 0 Å². The molecule has 1 rings (SSSR count). The van der Waals surface area contributed by atoms with Gasteiger partial charge in [0.25, 0.3) is 0 Å². The molecule has 1 heterocycles. The SMILES string of the molecule is C[N+]1(C)CCC(=O)CC1.O=[N+]([O-])[O-]. The molecule has 6 heteroatoms. The maximum Gasteiger partial charge on any atom is 0.144 e. The van der Waals surface area contributed by atoms with E-state index in [-0.39, 0.29) is 0 Å². The minimum atomic E-state index is -1.75. The highest BCUT2D eigenvalue weighted by Gasteiger charge is 2.23. The summed E-state index contributed by atoms with van der Waals surface area (Å²) >= 11 is 0. The Hall–Kier alpha value is -1.17. The van der Waals surface area contributed by atoms with Crippen LogP contribution in [0.4, 0.5) is 0 Å². The lowest BCUT2D eigenvalue weighted by Crippen LogP contribution is -2.46. The molecule has 76 valence electrons. The highest BCUT2D eigenvalue weighted by atomic mass is 16.9. The molecule has 0 aromatic carbocycles. The van der Waals surface area contributed by atoms with Crippen LogP contribution in [-0.2, 0) is 4.79 Å². The van der Waals surface area contributed by atoms with Crippen LogP contribution in [0, 0.1) is 15.3 Å². The van der Waals surface area contributed by atoms with Crippen molar-refractivity contribution in [2.75, 3.05) is 27.2 Å². The minimum Gasteiger partial charge on any atom is -0.356 e. The molecular weight excluding hydrogens is 176 g/mol. The van der Waals surface area contributed by atoms with Crippen molar-refractivity contribution in [3.63, 3.8) is 0 Å². The molecule has 0 bridgehead atoms. The minimum absolute atomic E-state index is 0.437. The number of Topliss-reactive ketones (excluding diaryl/α,β-unsaturated/α-hetero) is 1. The van der Waals surface area contributed by atoms with Gasteiger partial charge in [0.2, 0.25) is 0 Å². The van der Waals surface area contributed by atoms with Gasteiger partial charge in [0.15, 0.2) is 0 Å². The summed E-state index contributed by atoms with van der Waals surface area (Å²) in [5.41, 5.74) is 0. The van der Waals surface area contributed by atoms with E-state index in [4.69, 9.17) is 15.3 Å². The zero-order valence-corrected chi connectivity index (χ0v) is 7.86. The number of carbonyl (C=O) groups excluding carboxylic acids is 1. The second-order valence-corrected chi connectivity index (χ2v) is 3.65. The van der Waals surface area contributed by atoms with E-state index in [0.717, 1.165) is 30.4 Å². The lowest BCUT2D eigenvalue weighted by molar-refractivity contribution is -0.891. The van der Waals surface area contributed by atoms with Gasteiger partial charge in [-0.15, -0.1) is 0 Å². The molecule has 1 saturated heterocycles. The third kappa shape index (κ3) is 7.20. The Labute approximate surface area is 76.5 Å². The van der Waals surface area contributed by atoms with E-state index in [9.17, 15) is 4.79 Å². The Kier molecular flexibility index (Phi) is 4.33. The van der Waals surface area contributed by atoms with E-state index in [0.29, 0.717) is 5.78 Å². The Balaban J connectivity index is 0.000000310. The maximum absolute atomic E-state index is 10.7. The maximum atomic E-state index is 10.7. The molecule has 1 aliphatic heterocycles. The fourth-order valence-electron chi connectivity index (χ4n) is 1.09. The molecule has 0 saturated carbocycles. The number of hydrogen-bond acceptors (Lipinski definition) is 4. The van der Waals surface area contributed by atoms with Crippen molar-refractivity contribution in [1.29, 1.82) is 0 Å². The normalized spacial score (nSPS) is 20.0. The molecule has 0 aliphatic carbocycles. The quantitative estimate of drug-likeness (QED) is 0.310. The summed E-state index contributed by atoms with van der Waals surface area (Å²) in [6.07, 6.45) is 1.57. The van der Waals surface area contributed by atoms with Gasteiger partial charge in [-0.25, -0.2) is 0 Å². The van der Waals surface area contributed by atoms with Crippen LogP contribution in [0.15, 0.2) is 0 Å². The Morgan fingerprint density at radius 2 is 1.54 bits per heavy atom. The average Bonchev–Trinajstić information content (AvgIpc) is 1.95. The standard InChI is InChI=1S/C7H14NO.NO3/c1-8(2)5-3-7(9)4-6-8;2-1(3)4/h3-6H2,1-2H3;/q+1;-1. The third-order valence-electron chi connectivity index (χ3n) is 1.99. The van der Waals surface area contributed by atoms with E-state index >= 15 is 0 Å². The van der Waals surface area contributed by atoms with Crippen LogP contribution >= 0.6 is 0 Å². The molecule has 0 atom stereocenters. The van der Waals surface area contributed by atoms with Gasteiger partial charge >= 0.3 is 0 Å². The van der Waals surface area contributed by atoms with Gasteiger partial charge in [-0.1, -0.05) is 0 Å². The van der Waals surface area contributed by atoms with Gasteiger partial charge in [-0.3, -0.25) is 4.79 Å². The lowest BCUT2D eigenvalue weighted by atomic mass is 10.1. The van der Waals surface area contributed by atoms with Crippen LogP contribution in [-0.4, -0.2) is 42.5 Å². The molecule has 0 aromatic heterocycles. The highest BCUT2D eigenvalue weighted by molar-refractivity contribution is 5.78. The van der Waals surface area contributed by atoms with Crippen LogP contribution in [0.2, 0.25) is 0 Å². The van der Waals surface area contributed by atoms with E-state index in [1.165, 1.54) is 0 Å². The van der Waals surface area contributed by atoms with Gasteiger partial charge in [-0.2, -0.15) is 0 Å². The van der Waals surface area contributed by atoms with E-state index in [1.807, 2.05) is 0 Å². The second kappa shape index (κ2) is 4.76. The van der Waals surface area contributed by atoms with E-state index in [1.54, 1.807) is 0 Å². The summed E-state index contributed by atoms with van der Waals surface area (Å²) in [7, 11) is 4.35. The van der Waals surface area contributed by atoms with E-state index in [2.05, 4.69) is 14.1 Å². The molecule has 0 unspecified atom stereocenters. The van der Waals surface area contributed by atoms with Crippen LogP contribution in [0.25, 0.3) is 0 Å². The first-order chi connectivity index (χ1) is 5.83. The summed E-state index contributed by atoms with van der Waals surface area (Å²) in [6.45, 7) is 2.05. The number of ketones is 1. The number of quaternary nitrogens is 1. The number of carbonyl (C=O) groups is 1. The number of likely N-dealkylation sites (tertiary alicyclic amines) is 1. The molecule has 0 radical (unpaired) electrons. The first kappa shape index (κ1) is 11.8. The fourth-order valence-corrected chi connectivity index (χ4v) is 1.09. The van der Waals surface area contributed by atoms with E-state index < -0.39 is 5.09 Å². The molecular formula is C7H14N2O4. The first-order valence-corrected chi connectivity index (χ1v) is 3.99. The molecule has 1 aliphatic rings. The molecule has 6 nitrogen and oxygen atoms in total. The van der Waals surface area contributed by atoms with Crippen molar-refractivity contribution in [1.82, 2.24) is 0 Å². The van der Waals surface area contributed by atoms with Crippen molar-refractivity contribution < 1.29 is 14.4 Å². The summed E-state index contributed by atoms with van der Waals surface area (Å²) in [4.78, 5) is 19.0. The highest BCUT2D eigenvalue weighted by Crippen LogP contribution is 2.09. The number of piperidine rings is 1. The van der Waals surface area contributed by atoms with Crippen LogP contribution in [0.5, 0.6) is 0 Å². The summed E-state index contributed by atoms with van der Waals surface area (Å²) in [6, 6.07) is 0. The zero-order chi connectivity index (χ0) is 10.5. The predicted molar refractivity (Wildman–Crippen MR) is 46.4 cm³/mol. The van der Waals surface area contributed by atoms with Crippen LogP contribution in [0.1, 0.15) is 12.8 Å². The smallest absolute Gasteiger partial charge is 0.144 e. The Bertz CT molecular complexity index is 187. The average molecular weight is 190 g/mol. The number of hydrogen-bond donors (Lipinski definition) is 0. The first-order valence-electron chi connectivity index (χ1n) is 3.99. The van der Waals surface area contributed by atoms with Gasteiger partial charge in [0.05, 0.1) is 45.1 Å². The van der Waals surface area contributed by atoms with Crippen molar-refractivity contribution in [3.8, 4) is 0 Å². The molecule has 1 fully saturated rings. The van der Waals surface area contributed by atoms with Crippen molar-refractivity contribution in [2.45, 2.75) is 12.8 Å². The van der Waals surface area contributed by atoms with Crippen molar-refractivity contribution >= 4 is 5.78 Å². The molecule has 0 amide bonds. The Morgan fingerprint density at radius 1 is 1.23 bits per heavy atom. The number of nitrogens with zero attached hydrogens (tertiary/aromatic N) is 2. The topological polar surface area (TPSA) is 83.3 Å². The molecule has 0 N–H and O–H groups in total. The largest absolute Gasteiger partial charge is 0.356 e. The van der Waals surface area contributed by atoms with Crippen LogP contribution in [0.3, 0.4) is 0 Å². The van der Waals surface area contributed by atoms with Gasteiger partial charge in [0.1, 0.15) is 5.78 Å². The zero-order valence-electron chi connectivity index (χ0n) is 7.86. The third-order valence-corrected chi connectivity index (χ3v) is 1.99. The molecule has 0 spiro atoms. The monoisotopic (exact) mass is 190 g/mol. The fraction of sp³-hybridized carbons (Fsp3) is 0.857. The molecule has 0 aromatic rings. The van der Waals surface area contributed by atoms with Gasteiger partial charge < -0.3 is 19.8 Å². The lowest BCUT2D eigenvalue weighted by Gasteiger charge is -2.32. The summed E-state index contributed by atoms with van der Waals surface area (Å²) in [5, 5.41) is 14.8. The van der Waals surface area contributed by atoms with Crippen LogP contribution < -0.4 is 0 Å². The summed E-state index contributed by atoms with van der Waals surface area (Å²) < 4.78 is 1.02.